The Bertz CT molecular complexity index is 732. The van der Waals surface area contributed by atoms with Crippen LogP contribution in [-0.4, -0.2) is 49.2 Å². The predicted molar refractivity (Wildman–Crippen MR) is 84.1 cm³/mol. The monoisotopic (exact) mass is 360 g/mol. The van der Waals surface area contributed by atoms with Crippen molar-refractivity contribution in [3.63, 3.8) is 0 Å². The first-order valence-corrected chi connectivity index (χ1v) is 9.29. The van der Waals surface area contributed by atoms with Crippen LogP contribution in [0.4, 0.5) is 14.5 Å². The molecule has 1 aliphatic heterocycles. The fraction of sp³-hybridized carbons (Fsp3) is 0.467. The lowest BCUT2D eigenvalue weighted by Gasteiger charge is -2.26. The third kappa shape index (κ3) is 4.28. The third-order valence-corrected chi connectivity index (χ3v) is 5.60. The second kappa shape index (κ2) is 7.25. The van der Waals surface area contributed by atoms with Gasteiger partial charge in [-0.2, -0.15) is 0 Å². The summed E-state index contributed by atoms with van der Waals surface area (Å²) in [6.45, 7) is 1.93. The highest BCUT2D eigenvalue weighted by molar-refractivity contribution is 7.91. The van der Waals surface area contributed by atoms with Crippen LogP contribution < -0.4 is 5.32 Å². The zero-order valence-electron chi connectivity index (χ0n) is 13.1. The molecule has 9 heteroatoms. The second-order valence-corrected chi connectivity index (χ2v) is 7.79. The Hall–Kier alpha value is -2.03. The van der Waals surface area contributed by atoms with Crippen molar-refractivity contribution in [2.45, 2.75) is 25.8 Å². The van der Waals surface area contributed by atoms with Crippen LogP contribution in [0.25, 0.3) is 0 Å². The van der Waals surface area contributed by atoms with E-state index in [-0.39, 0.29) is 18.1 Å². The Morgan fingerprint density at radius 3 is 2.42 bits per heavy atom. The summed E-state index contributed by atoms with van der Waals surface area (Å²) in [5.41, 5.74) is -0.609. The van der Waals surface area contributed by atoms with Gasteiger partial charge in [0.2, 0.25) is 11.8 Å². The number of rotatable bonds is 5. The minimum Gasteiger partial charge on any atom is -0.338 e. The van der Waals surface area contributed by atoms with Gasteiger partial charge >= 0.3 is 0 Å². The smallest absolute Gasteiger partial charge is 0.233 e. The molecule has 1 aromatic carbocycles. The van der Waals surface area contributed by atoms with E-state index < -0.39 is 51.4 Å². The maximum absolute atomic E-state index is 13.5. The molecule has 2 rings (SSSR count). The summed E-state index contributed by atoms with van der Waals surface area (Å²) in [4.78, 5) is 25.4. The van der Waals surface area contributed by atoms with E-state index in [2.05, 4.69) is 0 Å². The first-order valence-electron chi connectivity index (χ1n) is 7.47. The van der Waals surface area contributed by atoms with Gasteiger partial charge in [-0.05, 0) is 25.5 Å². The Morgan fingerprint density at radius 2 is 1.92 bits per heavy atom. The molecule has 0 spiro atoms. The van der Waals surface area contributed by atoms with Gasteiger partial charge in [-0.15, -0.1) is 0 Å². The van der Waals surface area contributed by atoms with Crippen molar-refractivity contribution in [1.29, 1.82) is 0 Å². The highest BCUT2D eigenvalue weighted by atomic mass is 32.2. The predicted octanol–water partition coefficient (Wildman–Crippen LogP) is 1.33. The number of carbonyl (C=O) groups excluding carboxylic acids is 2. The molecule has 132 valence electrons. The van der Waals surface area contributed by atoms with E-state index in [1.165, 1.54) is 4.90 Å². The van der Waals surface area contributed by atoms with Gasteiger partial charge in [0.05, 0.1) is 11.5 Å². The minimum atomic E-state index is -3.17. The van der Waals surface area contributed by atoms with E-state index in [4.69, 9.17) is 0 Å². The average Bonchev–Trinajstić information content (AvgIpc) is 2.84. The molecule has 0 aromatic heterocycles. The molecule has 1 aromatic rings. The van der Waals surface area contributed by atoms with Crippen molar-refractivity contribution in [2.75, 3.05) is 23.4 Å². The summed E-state index contributed by atoms with van der Waals surface area (Å²) in [6.07, 6.45) is -0.288. The number of anilines is 1. The number of nitrogens with one attached hydrogen (secondary N) is 1. The lowest BCUT2D eigenvalue weighted by molar-refractivity contribution is -0.136. The van der Waals surface area contributed by atoms with E-state index >= 15 is 0 Å². The van der Waals surface area contributed by atoms with Gasteiger partial charge in [0.1, 0.15) is 23.7 Å². The van der Waals surface area contributed by atoms with Crippen molar-refractivity contribution < 1.29 is 26.8 Å². The third-order valence-electron chi connectivity index (χ3n) is 3.85. The molecule has 0 aliphatic carbocycles. The van der Waals surface area contributed by atoms with Gasteiger partial charge in [-0.25, -0.2) is 17.2 Å². The van der Waals surface area contributed by atoms with Crippen molar-refractivity contribution in [1.82, 2.24) is 4.90 Å². The van der Waals surface area contributed by atoms with Crippen LogP contribution in [0.5, 0.6) is 0 Å². The van der Waals surface area contributed by atoms with Crippen LogP contribution in [0.2, 0.25) is 0 Å². The fourth-order valence-electron chi connectivity index (χ4n) is 2.70. The van der Waals surface area contributed by atoms with Gasteiger partial charge in [-0.3, -0.25) is 9.59 Å². The number of hydrogen-bond donors (Lipinski definition) is 1. The van der Waals surface area contributed by atoms with Crippen LogP contribution in [0.3, 0.4) is 0 Å². The second-order valence-electron chi connectivity index (χ2n) is 5.56. The van der Waals surface area contributed by atoms with Crippen LogP contribution in [0.1, 0.15) is 19.8 Å². The maximum Gasteiger partial charge on any atom is 0.233 e. The Labute approximate surface area is 138 Å². The lowest BCUT2D eigenvalue weighted by Crippen LogP contribution is -2.42. The van der Waals surface area contributed by atoms with E-state index in [1.807, 2.05) is 5.32 Å². The summed E-state index contributed by atoms with van der Waals surface area (Å²) in [5, 5.41) is 2.04. The quantitative estimate of drug-likeness (QED) is 0.803. The van der Waals surface area contributed by atoms with Crippen LogP contribution in [0.15, 0.2) is 18.2 Å². The summed E-state index contributed by atoms with van der Waals surface area (Å²) >= 11 is 0. The standard InChI is InChI=1S/C15H18F2N2O4S/c1-2-19(10-6-7-24(22,23)9-10)14(21)8-13(20)18-15-11(16)4-3-5-12(15)17/h3-5,10H,2,6-9H2,1H3,(H,18,20). The molecule has 0 radical (unpaired) electrons. The molecule has 1 fully saturated rings. The average molecular weight is 360 g/mol. The van der Waals surface area contributed by atoms with E-state index in [9.17, 15) is 26.8 Å². The number of para-hydroxylation sites is 1. The summed E-state index contributed by atoms with van der Waals surface area (Å²) in [6, 6.07) is 2.67. The van der Waals surface area contributed by atoms with Crippen molar-refractivity contribution in [2.24, 2.45) is 0 Å². The van der Waals surface area contributed by atoms with Crippen molar-refractivity contribution in [3.05, 3.63) is 29.8 Å². The molecule has 1 saturated heterocycles. The van der Waals surface area contributed by atoms with Gasteiger partial charge in [0.25, 0.3) is 0 Å². The molecule has 1 unspecified atom stereocenters. The van der Waals surface area contributed by atoms with Gasteiger partial charge in [0, 0.05) is 12.6 Å². The largest absolute Gasteiger partial charge is 0.338 e. The van der Waals surface area contributed by atoms with E-state index in [0.717, 1.165) is 18.2 Å². The molecule has 1 atom stereocenters. The van der Waals surface area contributed by atoms with Crippen LogP contribution in [0, 0.1) is 11.6 Å². The molecule has 1 aliphatic rings. The SMILES string of the molecule is CCN(C(=O)CC(=O)Nc1c(F)cccc1F)C1CCS(=O)(=O)C1. The molecular weight excluding hydrogens is 342 g/mol. The molecule has 1 N–H and O–H groups in total. The molecular formula is C15H18F2N2O4S. The number of benzene rings is 1. The van der Waals surface area contributed by atoms with Crippen LogP contribution in [-0.2, 0) is 19.4 Å². The molecule has 2 amide bonds. The van der Waals surface area contributed by atoms with Gasteiger partial charge in [-0.1, -0.05) is 6.07 Å². The molecule has 1 heterocycles. The Balaban J connectivity index is 2.01. The highest BCUT2D eigenvalue weighted by Crippen LogP contribution is 2.20. The molecule has 24 heavy (non-hydrogen) atoms. The zero-order chi connectivity index (χ0) is 17.9. The molecule has 6 nitrogen and oxygen atoms in total. The van der Waals surface area contributed by atoms with Crippen molar-refractivity contribution >= 4 is 27.3 Å². The normalized spacial score (nSPS) is 19.0. The Kier molecular flexibility index (Phi) is 5.53. The first-order chi connectivity index (χ1) is 11.2. The number of carbonyl (C=O) groups is 2. The van der Waals surface area contributed by atoms with E-state index in [0.29, 0.717) is 6.42 Å². The number of amides is 2. The van der Waals surface area contributed by atoms with E-state index in [1.54, 1.807) is 6.92 Å². The number of sulfone groups is 1. The zero-order valence-corrected chi connectivity index (χ0v) is 13.9. The number of hydrogen-bond acceptors (Lipinski definition) is 4. The highest BCUT2D eigenvalue weighted by Gasteiger charge is 2.34. The van der Waals surface area contributed by atoms with Crippen molar-refractivity contribution in [3.8, 4) is 0 Å². The van der Waals surface area contributed by atoms with Gasteiger partial charge in [0.15, 0.2) is 9.84 Å². The summed E-state index contributed by atoms with van der Waals surface area (Å²) in [7, 11) is -3.17. The number of nitrogens with zero attached hydrogens (tertiary/aromatic N) is 1. The maximum atomic E-state index is 13.5. The topological polar surface area (TPSA) is 83.6 Å². The molecule has 0 bridgehead atoms. The molecule has 0 saturated carbocycles. The van der Waals surface area contributed by atoms with Crippen LogP contribution >= 0.6 is 0 Å². The first kappa shape index (κ1) is 18.3. The summed E-state index contributed by atoms with van der Waals surface area (Å²) in [5.74, 6) is -3.43. The minimum absolute atomic E-state index is 0.00802. The number of halogens is 2. The van der Waals surface area contributed by atoms with Gasteiger partial charge < -0.3 is 10.2 Å². The Morgan fingerprint density at radius 1 is 1.29 bits per heavy atom. The summed E-state index contributed by atoms with van der Waals surface area (Å²) < 4.78 is 50.0. The lowest BCUT2D eigenvalue weighted by atomic mass is 10.2. The fourth-order valence-corrected chi connectivity index (χ4v) is 4.43.